The Morgan fingerprint density at radius 1 is 0.453 bits per heavy atom. The molecule has 6 aromatic rings. The first-order chi connectivity index (χ1) is 30.4. The molecule has 334 valence electrons. The highest BCUT2D eigenvalue weighted by Gasteiger charge is 2.39. The first-order valence-electron chi connectivity index (χ1n) is 20.1. The quantitative estimate of drug-likeness (QED) is 0.0672. The SMILES string of the molecule is O=C(O)C(F)(F)F.O=C(O)C(F)(F)F.O=C1c2ccccc2-c2c1c1ccccc1c(=O)n2CCCNCCCCNCCCn1c2c(c3ccccc3c1=O)C(=O)c1ccccc1-2. The molecule has 0 radical (unpaired) electrons. The third-order valence-corrected chi connectivity index (χ3v) is 10.6. The fraction of sp³-hybridized carbons (Fsp3) is 0.261. The number of rotatable bonds is 13. The number of hydrogen-bond donors (Lipinski definition) is 4. The van der Waals surface area contributed by atoms with E-state index in [9.17, 15) is 45.5 Å². The summed E-state index contributed by atoms with van der Waals surface area (Å²) in [5.41, 5.74) is 5.65. The van der Waals surface area contributed by atoms with Crippen LogP contribution in [0, 0.1) is 0 Å². The van der Waals surface area contributed by atoms with Gasteiger partial charge in [-0.25, -0.2) is 9.59 Å². The number of unbranched alkanes of at least 4 members (excludes halogenated alkanes) is 1. The van der Waals surface area contributed by atoms with Gasteiger partial charge in [0, 0.05) is 56.9 Å². The van der Waals surface area contributed by atoms with E-state index >= 15 is 0 Å². The number of benzene rings is 4. The number of carboxylic acids is 2. The van der Waals surface area contributed by atoms with Crippen molar-refractivity contribution in [1.29, 1.82) is 0 Å². The molecular weight excluding hydrogens is 851 g/mol. The summed E-state index contributed by atoms with van der Waals surface area (Å²) in [7, 11) is 0. The summed E-state index contributed by atoms with van der Waals surface area (Å²) in [5.74, 6) is -5.54. The maximum atomic E-state index is 13.6. The number of nitrogens with zero attached hydrogens (tertiary/aromatic N) is 2. The fourth-order valence-electron chi connectivity index (χ4n) is 7.76. The highest BCUT2D eigenvalue weighted by Crippen LogP contribution is 2.40. The molecule has 2 aromatic heterocycles. The Balaban J connectivity index is 0.000000422. The lowest BCUT2D eigenvalue weighted by atomic mass is 10.0. The first kappa shape index (κ1) is 46.6. The lowest BCUT2D eigenvalue weighted by Crippen LogP contribution is -2.26. The van der Waals surface area contributed by atoms with E-state index in [2.05, 4.69) is 10.6 Å². The Morgan fingerprint density at radius 3 is 1.06 bits per heavy atom. The molecule has 0 saturated heterocycles. The third kappa shape index (κ3) is 9.82. The molecule has 2 aliphatic rings. The zero-order valence-corrected chi connectivity index (χ0v) is 33.8. The Hall–Kier alpha value is -6.92. The van der Waals surface area contributed by atoms with Gasteiger partial charge in [0.2, 0.25) is 0 Å². The number of aromatic nitrogens is 2. The molecule has 4 aromatic carbocycles. The average Bonchev–Trinajstić information content (AvgIpc) is 3.73. The second-order valence-electron chi connectivity index (χ2n) is 14.7. The minimum absolute atomic E-state index is 0.0133. The molecular formula is C46H40F6N4O8. The van der Waals surface area contributed by atoms with Crippen LogP contribution in [0.5, 0.6) is 0 Å². The number of carbonyl (C=O) groups excluding carboxylic acids is 2. The van der Waals surface area contributed by atoms with Crippen LogP contribution in [-0.4, -0.2) is 81.4 Å². The van der Waals surface area contributed by atoms with Crippen LogP contribution in [-0.2, 0) is 22.7 Å². The van der Waals surface area contributed by atoms with E-state index in [0.717, 1.165) is 85.1 Å². The first-order valence-corrected chi connectivity index (χ1v) is 20.1. The van der Waals surface area contributed by atoms with Gasteiger partial charge in [0.05, 0.1) is 22.5 Å². The number of fused-ring (bicyclic) bond motifs is 10. The van der Waals surface area contributed by atoms with Gasteiger partial charge in [-0.2, -0.15) is 26.3 Å². The third-order valence-electron chi connectivity index (χ3n) is 10.6. The second-order valence-corrected chi connectivity index (χ2v) is 14.7. The van der Waals surface area contributed by atoms with Crippen molar-refractivity contribution >= 4 is 45.0 Å². The number of hydrogen-bond acceptors (Lipinski definition) is 8. The number of carboxylic acid groups (broad SMARTS) is 2. The van der Waals surface area contributed by atoms with Gasteiger partial charge in [-0.15, -0.1) is 0 Å². The van der Waals surface area contributed by atoms with Gasteiger partial charge in [-0.05, 0) is 64.0 Å². The maximum Gasteiger partial charge on any atom is 0.490 e. The van der Waals surface area contributed by atoms with E-state index in [1.807, 2.05) is 97.1 Å². The summed E-state index contributed by atoms with van der Waals surface area (Å²) >= 11 is 0. The largest absolute Gasteiger partial charge is 0.490 e. The molecule has 0 bridgehead atoms. The van der Waals surface area contributed by atoms with E-state index in [0.29, 0.717) is 46.1 Å². The van der Waals surface area contributed by atoms with Crippen molar-refractivity contribution in [2.24, 2.45) is 0 Å². The Bertz CT molecular complexity index is 2690. The molecule has 2 heterocycles. The van der Waals surface area contributed by atoms with Crippen molar-refractivity contribution in [3.63, 3.8) is 0 Å². The molecule has 4 N–H and O–H groups in total. The number of carbonyl (C=O) groups is 4. The molecule has 18 heteroatoms. The van der Waals surface area contributed by atoms with Crippen molar-refractivity contribution in [3.8, 4) is 22.5 Å². The number of halogens is 6. The van der Waals surface area contributed by atoms with Gasteiger partial charge < -0.3 is 30.0 Å². The lowest BCUT2D eigenvalue weighted by molar-refractivity contribution is -0.193. The van der Waals surface area contributed by atoms with Gasteiger partial charge in [0.15, 0.2) is 11.6 Å². The Kier molecular flexibility index (Phi) is 14.3. The van der Waals surface area contributed by atoms with Crippen LogP contribution in [0.4, 0.5) is 26.3 Å². The van der Waals surface area contributed by atoms with Crippen molar-refractivity contribution < 1.29 is 55.7 Å². The smallest absolute Gasteiger partial charge is 0.475 e. The molecule has 0 amide bonds. The van der Waals surface area contributed by atoms with Crippen LogP contribution < -0.4 is 21.8 Å². The van der Waals surface area contributed by atoms with Gasteiger partial charge in [0.1, 0.15) is 0 Å². The summed E-state index contributed by atoms with van der Waals surface area (Å²) in [6.07, 6.45) is -6.60. The molecule has 0 spiro atoms. The molecule has 2 aliphatic carbocycles. The second kappa shape index (κ2) is 19.6. The zero-order chi connectivity index (χ0) is 46.3. The summed E-state index contributed by atoms with van der Waals surface area (Å²) < 4.78 is 67.1. The van der Waals surface area contributed by atoms with E-state index in [1.54, 1.807) is 9.13 Å². The summed E-state index contributed by atoms with van der Waals surface area (Å²) in [5, 5.41) is 23.9. The van der Waals surface area contributed by atoms with Crippen LogP contribution >= 0.6 is 0 Å². The summed E-state index contributed by atoms with van der Waals surface area (Å²) in [6.45, 7) is 4.36. The predicted octanol–water partition coefficient (Wildman–Crippen LogP) is 7.45. The molecule has 0 unspecified atom stereocenters. The van der Waals surface area contributed by atoms with Crippen LogP contribution in [0.3, 0.4) is 0 Å². The molecule has 0 aliphatic heterocycles. The summed E-state index contributed by atoms with van der Waals surface area (Å²) in [4.78, 5) is 71.7. The topological polar surface area (TPSA) is 177 Å². The number of pyridine rings is 2. The van der Waals surface area contributed by atoms with Crippen molar-refractivity contribution in [3.05, 3.63) is 140 Å². The van der Waals surface area contributed by atoms with E-state index in [1.165, 1.54) is 0 Å². The number of aliphatic carboxylic acids is 2. The van der Waals surface area contributed by atoms with Gasteiger partial charge in [-0.3, -0.25) is 19.2 Å². The predicted molar refractivity (Wildman–Crippen MR) is 226 cm³/mol. The summed E-state index contributed by atoms with van der Waals surface area (Å²) in [6, 6.07) is 30.0. The van der Waals surface area contributed by atoms with Crippen LogP contribution in [0.15, 0.2) is 107 Å². The van der Waals surface area contributed by atoms with E-state index in [-0.39, 0.29) is 22.7 Å². The van der Waals surface area contributed by atoms with Gasteiger partial charge >= 0.3 is 24.3 Å². The van der Waals surface area contributed by atoms with Crippen molar-refractivity contribution in [2.45, 2.75) is 51.1 Å². The van der Waals surface area contributed by atoms with E-state index < -0.39 is 24.3 Å². The molecule has 64 heavy (non-hydrogen) atoms. The molecule has 0 saturated carbocycles. The van der Waals surface area contributed by atoms with Crippen molar-refractivity contribution in [1.82, 2.24) is 19.8 Å². The van der Waals surface area contributed by atoms with Gasteiger partial charge in [-0.1, -0.05) is 84.9 Å². The van der Waals surface area contributed by atoms with E-state index in [4.69, 9.17) is 19.8 Å². The minimum Gasteiger partial charge on any atom is -0.475 e. The number of alkyl halides is 6. The fourth-order valence-corrected chi connectivity index (χ4v) is 7.76. The number of ketones is 2. The highest BCUT2D eigenvalue weighted by atomic mass is 19.4. The molecule has 0 atom stereocenters. The average molecular weight is 891 g/mol. The normalized spacial score (nSPS) is 12.5. The molecule has 0 fully saturated rings. The van der Waals surface area contributed by atoms with Gasteiger partial charge in [0.25, 0.3) is 11.1 Å². The standard InChI is InChI=1S/C42H38N4O4.2C2HF3O2/c47-39-31-17-5-3-15-29(31)37-35(39)27-13-1-7-19-33(27)41(49)45(37)25-11-23-43-21-9-10-22-44-24-12-26-46-38-30-16-4-6-18-32(30)40(48)36(38)28-14-2-8-20-34(28)42(46)50;2*3-2(4,5)1(6)7/h1-8,13-20,43-44H,9-12,21-26H2;2*(H,6,7). The van der Waals surface area contributed by atoms with Crippen LogP contribution in [0.25, 0.3) is 44.1 Å². The molecule has 8 rings (SSSR count). The maximum absolute atomic E-state index is 13.6. The van der Waals surface area contributed by atoms with Crippen LogP contribution in [0.1, 0.15) is 57.5 Å². The van der Waals surface area contributed by atoms with Crippen molar-refractivity contribution in [2.75, 3.05) is 26.2 Å². The Morgan fingerprint density at radius 2 is 0.734 bits per heavy atom. The number of nitrogens with one attached hydrogen (secondary N) is 2. The monoisotopic (exact) mass is 890 g/mol. The zero-order valence-electron chi connectivity index (χ0n) is 33.8. The highest BCUT2D eigenvalue weighted by molar-refractivity contribution is 6.27. The lowest BCUT2D eigenvalue weighted by Gasteiger charge is -2.15. The molecule has 12 nitrogen and oxygen atoms in total. The minimum atomic E-state index is -5.08. The Labute approximate surface area is 359 Å². The van der Waals surface area contributed by atoms with Crippen LogP contribution in [0.2, 0.25) is 0 Å².